The van der Waals surface area contributed by atoms with Gasteiger partial charge in [-0.3, -0.25) is 0 Å². The fourth-order valence-electron chi connectivity index (χ4n) is 10.5. The Hall–Kier alpha value is -8.92. The monoisotopic (exact) mass is 882 g/mol. The second kappa shape index (κ2) is 17.1. The maximum Gasteiger partial charge on any atom is 0.143 e. The number of nitrogens with zero attached hydrogens (tertiary/aromatic N) is 2. The largest absolute Gasteiger partial charge is 0.455 e. The summed E-state index contributed by atoms with van der Waals surface area (Å²) in [6.07, 6.45) is 9.08. The highest BCUT2D eigenvalue weighted by atomic mass is 16.3. The number of aromatic nitrogens is 1. The Morgan fingerprint density at radius 2 is 0.913 bits per heavy atom. The van der Waals surface area contributed by atoms with Crippen LogP contribution in [-0.2, 0) is 0 Å². The van der Waals surface area contributed by atoms with Gasteiger partial charge < -0.3 is 13.9 Å². The molecule has 13 rings (SSSR count). The molecule has 12 aromatic rings. The lowest BCUT2D eigenvalue weighted by Crippen LogP contribution is -2.10. The highest BCUT2D eigenvalue weighted by molar-refractivity contribution is 6.11. The van der Waals surface area contributed by atoms with E-state index in [1.54, 1.807) is 0 Å². The molecule has 1 aliphatic carbocycles. The zero-order valence-electron chi connectivity index (χ0n) is 38.0. The highest BCUT2D eigenvalue weighted by Gasteiger charge is 2.20. The lowest BCUT2D eigenvalue weighted by molar-refractivity contribution is 0.670. The number of allylic oxidation sites excluding steroid dienone is 4. The van der Waals surface area contributed by atoms with E-state index in [-0.39, 0.29) is 0 Å². The van der Waals surface area contributed by atoms with E-state index in [9.17, 15) is 0 Å². The highest BCUT2D eigenvalue weighted by Crippen LogP contribution is 2.42. The zero-order chi connectivity index (χ0) is 45.7. The van der Waals surface area contributed by atoms with Crippen LogP contribution >= 0.6 is 0 Å². The van der Waals surface area contributed by atoms with Gasteiger partial charge in [0, 0.05) is 49.7 Å². The summed E-state index contributed by atoms with van der Waals surface area (Å²) < 4.78 is 8.85. The predicted molar refractivity (Wildman–Crippen MR) is 291 cm³/mol. The molecule has 0 saturated carbocycles. The second-order valence-electron chi connectivity index (χ2n) is 17.9. The van der Waals surface area contributed by atoms with Crippen LogP contribution in [-0.4, -0.2) is 4.57 Å². The van der Waals surface area contributed by atoms with Crippen molar-refractivity contribution in [1.29, 1.82) is 0 Å². The quantitative estimate of drug-likeness (QED) is 0.144. The standard InChI is InChI=1S/C66H46N2O/c1-3-15-45(16-4-1)51-19-13-20-55(43-51)67(53-38-33-48(34-39-53)47-29-31-50(32-30-47)57-24-14-25-61-60-23-9-12-28-65(60)69-66(57)61)54-40-35-49(36-41-54)56-42-37-52(46-17-5-2-6-18-46)44-64(56)68-62-26-10-7-21-58(62)59-22-8-11-27-63(59)68/h1,3-5,7-44H,2,6H2. The average Bonchev–Trinajstić information content (AvgIpc) is 3.98. The van der Waals surface area contributed by atoms with Crippen LogP contribution in [0.1, 0.15) is 18.4 Å². The molecule has 2 heterocycles. The molecule has 1 aliphatic rings. The van der Waals surface area contributed by atoms with Crippen LogP contribution in [0, 0.1) is 0 Å². The molecule has 0 atom stereocenters. The fourth-order valence-corrected chi connectivity index (χ4v) is 10.5. The molecule has 0 fully saturated rings. The van der Waals surface area contributed by atoms with E-state index in [1.807, 2.05) is 12.1 Å². The fraction of sp³-hybridized carbons (Fsp3) is 0.0303. The van der Waals surface area contributed by atoms with Gasteiger partial charge in [0.2, 0.25) is 0 Å². The number of para-hydroxylation sites is 4. The van der Waals surface area contributed by atoms with Gasteiger partial charge in [0.1, 0.15) is 11.2 Å². The molecule has 0 N–H and O–H groups in total. The number of hydrogen-bond acceptors (Lipinski definition) is 2. The number of rotatable bonds is 9. The molecule has 0 radical (unpaired) electrons. The van der Waals surface area contributed by atoms with Crippen LogP contribution in [0.5, 0.6) is 0 Å². The Kier molecular flexibility index (Phi) is 9.98. The average molecular weight is 883 g/mol. The van der Waals surface area contributed by atoms with Crippen molar-refractivity contribution in [3.05, 3.63) is 260 Å². The van der Waals surface area contributed by atoms with Gasteiger partial charge in [-0.15, -0.1) is 0 Å². The zero-order valence-corrected chi connectivity index (χ0v) is 38.0. The Bertz CT molecular complexity index is 3870. The Morgan fingerprint density at radius 3 is 1.62 bits per heavy atom. The van der Waals surface area contributed by atoms with Gasteiger partial charge in [-0.2, -0.15) is 0 Å². The number of anilines is 3. The van der Waals surface area contributed by atoms with Crippen LogP contribution < -0.4 is 4.90 Å². The molecular weight excluding hydrogens is 837 g/mol. The van der Waals surface area contributed by atoms with Crippen molar-refractivity contribution in [2.24, 2.45) is 0 Å². The van der Waals surface area contributed by atoms with Crippen molar-refractivity contribution in [3.63, 3.8) is 0 Å². The van der Waals surface area contributed by atoms with Crippen LogP contribution in [0.2, 0.25) is 0 Å². The summed E-state index contributed by atoms with van der Waals surface area (Å²) in [5.74, 6) is 0. The van der Waals surface area contributed by atoms with E-state index in [0.29, 0.717) is 0 Å². The van der Waals surface area contributed by atoms with Crippen LogP contribution in [0.3, 0.4) is 0 Å². The Labute approximate surface area is 401 Å². The van der Waals surface area contributed by atoms with Gasteiger partial charge in [0.15, 0.2) is 0 Å². The molecule has 0 unspecified atom stereocenters. The van der Waals surface area contributed by atoms with Crippen LogP contribution in [0.15, 0.2) is 259 Å². The van der Waals surface area contributed by atoms with Crippen molar-refractivity contribution >= 4 is 66.4 Å². The van der Waals surface area contributed by atoms with Crippen molar-refractivity contribution < 1.29 is 4.42 Å². The molecule has 3 heteroatoms. The molecule has 0 amide bonds. The van der Waals surface area contributed by atoms with E-state index in [4.69, 9.17) is 4.42 Å². The van der Waals surface area contributed by atoms with Gasteiger partial charge in [-0.05, 0) is 118 Å². The number of benzene rings is 10. The topological polar surface area (TPSA) is 21.3 Å². The van der Waals surface area contributed by atoms with Crippen molar-refractivity contribution in [1.82, 2.24) is 4.57 Å². The van der Waals surface area contributed by atoms with Gasteiger partial charge in [-0.25, -0.2) is 0 Å². The summed E-state index contributed by atoms with van der Waals surface area (Å²) in [5, 5.41) is 4.79. The summed E-state index contributed by atoms with van der Waals surface area (Å²) in [4.78, 5) is 2.37. The maximum absolute atomic E-state index is 6.39. The Morgan fingerprint density at radius 1 is 0.362 bits per heavy atom. The molecule has 0 aliphatic heterocycles. The summed E-state index contributed by atoms with van der Waals surface area (Å²) in [7, 11) is 0. The van der Waals surface area contributed by atoms with Gasteiger partial charge in [0.25, 0.3) is 0 Å². The molecule has 0 bridgehead atoms. The SMILES string of the molecule is C1=CC(c2ccc(-c3ccc(N(c4ccc(-c5ccc(-c6cccc7c6oc6ccccc67)cc5)cc4)c4cccc(-c5ccccc5)c4)cc3)c(-n3c4ccccc4c4ccccc43)c2)=CCC1. The minimum atomic E-state index is 0.911. The van der Waals surface area contributed by atoms with Crippen LogP contribution in [0.25, 0.3) is 99.5 Å². The van der Waals surface area contributed by atoms with Gasteiger partial charge in [-0.1, -0.05) is 194 Å². The molecule has 69 heavy (non-hydrogen) atoms. The van der Waals surface area contributed by atoms with Crippen molar-refractivity contribution in [2.75, 3.05) is 4.90 Å². The van der Waals surface area contributed by atoms with Gasteiger partial charge >= 0.3 is 0 Å². The normalized spacial score (nSPS) is 12.6. The molecule has 10 aromatic carbocycles. The lowest BCUT2D eigenvalue weighted by atomic mass is 9.95. The first kappa shape index (κ1) is 40.4. The molecule has 326 valence electrons. The molecule has 3 nitrogen and oxygen atoms in total. The first-order valence-electron chi connectivity index (χ1n) is 23.9. The van der Waals surface area contributed by atoms with Gasteiger partial charge in [0.05, 0.1) is 16.7 Å². The number of fused-ring (bicyclic) bond motifs is 6. The minimum absolute atomic E-state index is 0.911. The molecule has 0 spiro atoms. The van der Waals surface area contributed by atoms with E-state index in [0.717, 1.165) is 79.7 Å². The van der Waals surface area contributed by atoms with Crippen molar-refractivity contribution in [2.45, 2.75) is 12.8 Å². The summed E-state index contributed by atoms with van der Waals surface area (Å²) in [6, 6.07) is 85.7. The maximum atomic E-state index is 6.39. The third-order valence-corrected chi connectivity index (χ3v) is 13.9. The first-order valence-corrected chi connectivity index (χ1v) is 23.9. The Balaban J connectivity index is 0.887. The predicted octanol–water partition coefficient (Wildman–Crippen LogP) is 18.6. The summed E-state index contributed by atoms with van der Waals surface area (Å²) in [5.41, 5.74) is 20.4. The molecule has 0 saturated heterocycles. The van der Waals surface area contributed by atoms with E-state index in [2.05, 4.69) is 252 Å². The molecule has 2 aromatic heterocycles. The minimum Gasteiger partial charge on any atom is -0.455 e. The van der Waals surface area contributed by atoms with E-state index in [1.165, 1.54) is 55.3 Å². The van der Waals surface area contributed by atoms with Crippen LogP contribution in [0.4, 0.5) is 17.1 Å². The summed E-state index contributed by atoms with van der Waals surface area (Å²) >= 11 is 0. The third kappa shape index (κ3) is 7.24. The lowest BCUT2D eigenvalue weighted by Gasteiger charge is -2.26. The van der Waals surface area contributed by atoms with E-state index < -0.39 is 0 Å². The smallest absolute Gasteiger partial charge is 0.143 e. The first-order chi connectivity index (χ1) is 34.2. The van der Waals surface area contributed by atoms with E-state index >= 15 is 0 Å². The third-order valence-electron chi connectivity index (χ3n) is 13.9. The molecular formula is C66H46N2O. The summed E-state index contributed by atoms with van der Waals surface area (Å²) in [6.45, 7) is 0. The van der Waals surface area contributed by atoms with Crippen molar-refractivity contribution in [3.8, 4) is 50.2 Å². The number of furan rings is 1. The number of hydrogen-bond donors (Lipinski definition) is 0. The second-order valence-corrected chi connectivity index (χ2v) is 17.9.